The molecule has 2 aromatic heterocycles. The predicted octanol–water partition coefficient (Wildman–Crippen LogP) is 4.55. The first-order valence-electron chi connectivity index (χ1n) is 7.03. The fraction of sp³-hybridized carbons (Fsp3) is 0.294. The monoisotopic (exact) mass is 298 g/mol. The van der Waals surface area contributed by atoms with Crippen LogP contribution < -0.4 is 4.74 Å². The van der Waals surface area contributed by atoms with Gasteiger partial charge < -0.3 is 4.74 Å². The smallest absolute Gasteiger partial charge is 0.142 e. The van der Waals surface area contributed by atoms with E-state index >= 15 is 0 Å². The first-order valence-corrected chi connectivity index (χ1v) is 7.91. The van der Waals surface area contributed by atoms with Gasteiger partial charge in [0.1, 0.15) is 10.8 Å². The van der Waals surface area contributed by atoms with Crippen molar-refractivity contribution in [3.8, 4) is 16.5 Å². The molecule has 0 amide bonds. The molecule has 0 saturated heterocycles. The zero-order valence-corrected chi connectivity index (χ0v) is 13.5. The molecule has 0 fully saturated rings. The van der Waals surface area contributed by atoms with Crippen LogP contribution in [0.5, 0.6) is 5.75 Å². The standard InChI is InChI=1S/C17H18N2OS/c1-5-12-9-21-17(18-12)14-8-10(2)13-6-7-15(20-4)11(3)16(13)19-14/h6-9H,5H2,1-4H3. The second-order valence-corrected chi connectivity index (χ2v) is 5.97. The van der Waals surface area contributed by atoms with Crippen LogP contribution in [0, 0.1) is 13.8 Å². The minimum atomic E-state index is 0.875. The van der Waals surface area contributed by atoms with E-state index in [0.29, 0.717) is 0 Å². The molecule has 2 heterocycles. The van der Waals surface area contributed by atoms with Gasteiger partial charge in [0.25, 0.3) is 0 Å². The third-order valence-electron chi connectivity index (χ3n) is 3.74. The molecule has 0 aliphatic rings. The van der Waals surface area contributed by atoms with Gasteiger partial charge in [-0.2, -0.15) is 0 Å². The summed E-state index contributed by atoms with van der Waals surface area (Å²) in [5, 5.41) is 4.26. The maximum atomic E-state index is 5.41. The van der Waals surface area contributed by atoms with Crippen molar-refractivity contribution in [1.82, 2.24) is 9.97 Å². The highest BCUT2D eigenvalue weighted by Crippen LogP contribution is 2.31. The van der Waals surface area contributed by atoms with Crippen molar-refractivity contribution in [1.29, 1.82) is 0 Å². The fourth-order valence-corrected chi connectivity index (χ4v) is 3.36. The Morgan fingerprint density at radius 3 is 2.67 bits per heavy atom. The number of rotatable bonds is 3. The normalized spacial score (nSPS) is 11.0. The Labute approximate surface area is 128 Å². The second-order valence-electron chi connectivity index (χ2n) is 5.11. The van der Waals surface area contributed by atoms with Crippen molar-refractivity contribution in [3.05, 3.63) is 40.4 Å². The van der Waals surface area contributed by atoms with Crippen LogP contribution in [0.2, 0.25) is 0 Å². The summed E-state index contributed by atoms with van der Waals surface area (Å²) in [6.07, 6.45) is 0.954. The van der Waals surface area contributed by atoms with Crippen molar-refractivity contribution in [2.75, 3.05) is 7.11 Å². The Balaban J connectivity index is 2.23. The molecule has 0 bridgehead atoms. The lowest BCUT2D eigenvalue weighted by Crippen LogP contribution is -1.94. The summed E-state index contributed by atoms with van der Waals surface area (Å²) in [7, 11) is 1.69. The molecule has 0 aliphatic heterocycles. The van der Waals surface area contributed by atoms with Crippen molar-refractivity contribution in [2.24, 2.45) is 0 Å². The molecule has 0 saturated carbocycles. The number of aryl methyl sites for hydroxylation is 3. The van der Waals surface area contributed by atoms with Crippen molar-refractivity contribution in [3.63, 3.8) is 0 Å². The topological polar surface area (TPSA) is 35.0 Å². The van der Waals surface area contributed by atoms with Crippen LogP contribution in [0.25, 0.3) is 21.6 Å². The lowest BCUT2D eigenvalue weighted by atomic mass is 10.0. The number of thiazole rings is 1. The van der Waals surface area contributed by atoms with E-state index in [2.05, 4.69) is 43.3 Å². The van der Waals surface area contributed by atoms with Crippen molar-refractivity contribution >= 4 is 22.2 Å². The van der Waals surface area contributed by atoms with Crippen LogP contribution in [-0.4, -0.2) is 17.1 Å². The number of hydrogen-bond donors (Lipinski definition) is 0. The van der Waals surface area contributed by atoms with Gasteiger partial charge in [-0.1, -0.05) is 6.92 Å². The maximum absolute atomic E-state index is 5.41. The number of benzene rings is 1. The fourth-order valence-electron chi connectivity index (χ4n) is 2.50. The molecule has 1 aromatic carbocycles. The minimum absolute atomic E-state index is 0.875. The molecule has 108 valence electrons. The molecule has 3 rings (SSSR count). The third kappa shape index (κ3) is 2.40. The average molecular weight is 298 g/mol. The van der Waals surface area contributed by atoms with Gasteiger partial charge in [0, 0.05) is 16.3 Å². The quantitative estimate of drug-likeness (QED) is 0.711. The second kappa shape index (κ2) is 5.45. The Morgan fingerprint density at radius 2 is 2.00 bits per heavy atom. The van der Waals surface area contributed by atoms with Crippen LogP contribution in [0.1, 0.15) is 23.7 Å². The summed E-state index contributed by atoms with van der Waals surface area (Å²) in [5.74, 6) is 0.875. The number of methoxy groups -OCH3 is 1. The number of fused-ring (bicyclic) bond motifs is 1. The summed E-state index contributed by atoms with van der Waals surface area (Å²) in [6, 6.07) is 6.20. The van der Waals surface area contributed by atoms with E-state index in [-0.39, 0.29) is 0 Å². The Hall–Kier alpha value is -1.94. The number of ether oxygens (including phenoxy) is 1. The molecule has 21 heavy (non-hydrogen) atoms. The molecular formula is C17H18N2OS. The molecule has 0 unspecified atom stereocenters. The predicted molar refractivity (Wildman–Crippen MR) is 88.3 cm³/mol. The van der Waals surface area contributed by atoms with E-state index in [4.69, 9.17) is 9.72 Å². The molecule has 0 spiro atoms. The van der Waals surface area contributed by atoms with E-state index in [1.54, 1.807) is 18.4 Å². The van der Waals surface area contributed by atoms with Gasteiger partial charge in [-0.3, -0.25) is 0 Å². The lowest BCUT2D eigenvalue weighted by molar-refractivity contribution is 0.412. The molecular weight excluding hydrogens is 280 g/mol. The largest absolute Gasteiger partial charge is 0.496 e. The third-order valence-corrected chi connectivity index (χ3v) is 4.66. The number of pyridine rings is 1. The zero-order valence-electron chi connectivity index (χ0n) is 12.7. The Bertz CT molecular complexity index is 808. The van der Waals surface area contributed by atoms with E-state index in [1.165, 1.54) is 10.9 Å². The van der Waals surface area contributed by atoms with Crippen LogP contribution in [-0.2, 0) is 6.42 Å². The number of nitrogens with zero attached hydrogens (tertiary/aromatic N) is 2. The van der Waals surface area contributed by atoms with Crippen LogP contribution >= 0.6 is 11.3 Å². The van der Waals surface area contributed by atoms with E-state index in [1.807, 2.05) is 6.07 Å². The van der Waals surface area contributed by atoms with E-state index in [0.717, 1.165) is 39.6 Å². The molecule has 0 radical (unpaired) electrons. The maximum Gasteiger partial charge on any atom is 0.142 e. The van der Waals surface area contributed by atoms with Gasteiger partial charge >= 0.3 is 0 Å². The molecule has 0 atom stereocenters. The van der Waals surface area contributed by atoms with Gasteiger partial charge in [-0.15, -0.1) is 11.3 Å². The summed E-state index contributed by atoms with van der Waals surface area (Å²) in [6.45, 7) is 6.29. The van der Waals surface area contributed by atoms with Crippen LogP contribution in [0.3, 0.4) is 0 Å². The number of hydrogen-bond acceptors (Lipinski definition) is 4. The van der Waals surface area contributed by atoms with Crippen LogP contribution in [0.4, 0.5) is 0 Å². The first-order chi connectivity index (χ1) is 10.1. The highest BCUT2D eigenvalue weighted by atomic mass is 32.1. The Morgan fingerprint density at radius 1 is 1.19 bits per heavy atom. The summed E-state index contributed by atoms with van der Waals surface area (Å²) in [5.41, 5.74) is 5.36. The minimum Gasteiger partial charge on any atom is -0.496 e. The van der Waals surface area contributed by atoms with Crippen LogP contribution in [0.15, 0.2) is 23.6 Å². The average Bonchev–Trinajstić information content (AvgIpc) is 2.97. The van der Waals surface area contributed by atoms with Gasteiger partial charge in [-0.25, -0.2) is 9.97 Å². The van der Waals surface area contributed by atoms with E-state index in [9.17, 15) is 0 Å². The zero-order chi connectivity index (χ0) is 15.0. The Kier molecular flexibility index (Phi) is 3.64. The molecule has 3 nitrogen and oxygen atoms in total. The van der Waals surface area contributed by atoms with Crippen molar-refractivity contribution in [2.45, 2.75) is 27.2 Å². The lowest BCUT2D eigenvalue weighted by Gasteiger charge is -2.10. The van der Waals surface area contributed by atoms with Crippen molar-refractivity contribution < 1.29 is 4.74 Å². The highest BCUT2D eigenvalue weighted by Gasteiger charge is 2.12. The SMILES string of the molecule is CCc1csc(-c2cc(C)c3ccc(OC)c(C)c3n2)n1. The molecule has 4 heteroatoms. The van der Waals surface area contributed by atoms with Gasteiger partial charge in [0.2, 0.25) is 0 Å². The summed E-state index contributed by atoms with van der Waals surface area (Å²) in [4.78, 5) is 9.47. The molecule has 3 aromatic rings. The van der Waals surface area contributed by atoms with Gasteiger partial charge in [-0.05, 0) is 44.0 Å². The van der Waals surface area contributed by atoms with E-state index < -0.39 is 0 Å². The molecule has 0 N–H and O–H groups in total. The van der Waals surface area contributed by atoms with Gasteiger partial charge in [0.05, 0.1) is 24.0 Å². The summed E-state index contributed by atoms with van der Waals surface area (Å²) < 4.78 is 5.41. The first kappa shape index (κ1) is 14.0. The number of aromatic nitrogens is 2. The molecule has 0 aliphatic carbocycles. The summed E-state index contributed by atoms with van der Waals surface area (Å²) >= 11 is 1.66. The highest BCUT2D eigenvalue weighted by molar-refractivity contribution is 7.13. The van der Waals surface area contributed by atoms with Gasteiger partial charge in [0.15, 0.2) is 0 Å².